The molecule has 0 bridgehead atoms. The van der Waals surface area contributed by atoms with Crippen LogP contribution in [-0.4, -0.2) is 42.1 Å². The summed E-state index contributed by atoms with van der Waals surface area (Å²) in [6.07, 6.45) is 1.46. The van der Waals surface area contributed by atoms with Crippen LogP contribution in [0.15, 0.2) is 30.5 Å². The Hall–Kier alpha value is -2.05. The molecule has 2 aromatic rings. The second-order valence-corrected chi connectivity index (χ2v) is 5.92. The Balaban J connectivity index is 1.97. The van der Waals surface area contributed by atoms with Crippen molar-refractivity contribution in [1.29, 1.82) is 0 Å². The van der Waals surface area contributed by atoms with Gasteiger partial charge in [0.2, 0.25) is 0 Å². The molecule has 1 aromatic carbocycles. The maximum atomic E-state index is 11.9. The number of aliphatic hydroxyl groups excluding tert-OH is 1. The third kappa shape index (κ3) is 4.71. The molecule has 23 heavy (non-hydrogen) atoms. The number of ether oxygens (including phenoxy) is 1. The van der Waals surface area contributed by atoms with Crippen LogP contribution in [0.25, 0.3) is 10.9 Å². The van der Waals surface area contributed by atoms with Gasteiger partial charge in [-0.25, -0.2) is 4.79 Å². The summed E-state index contributed by atoms with van der Waals surface area (Å²) >= 11 is 0. The first kappa shape index (κ1) is 17.3. The van der Waals surface area contributed by atoms with Gasteiger partial charge in [-0.2, -0.15) is 0 Å². The van der Waals surface area contributed by atoms with Crippen LogP contribution in [0.5, 0.6) is 0 Å². The summed E-state index contributed by atoms with van der Waals surface area (Å²) in [6, 6.07) is 7.46. The van der Waals surface area contributed by atoms with Crippen molar-refractivity contribution < 1.29 is 14.6 Å². The molecular weight excluding hydrogens is 294 g/mol. The second-order valence-electron chi connectivity index (χ2n) is 5.92. The van der Waals surface area contributed by atoms with Crippen molar-refractivity contribution in [3.8, 4) is 0 Å². The fraction of sp³-hybridized carbons (Fsp3) is 0.471. The van der Waals surface area contributed by atoms with E-state index in [1.54, 1.807) is 7.11 Å². The Labute approximate surface area is 136 Å². The molecule has 0 fully saturated rings. The predicted molar refractivity (Wildman–Crippen MR) is 91.7 cm³/mol. The number of urea groups is 1. The van der Waals surface area contributed by atoms with Gasteiger partial charge in [0, 0.05) is 43.0 Å². The number of hydrogen-bond acceptors (Lipinski definition) is 3. The minimum atomic E-state index is -0.543. The highest BCUT2D eigenvalue weighted by Gasteiger charge is 2.11. The van der Waals surface area contributed by atoms with E-state index in [1.165, 1.54) is 0 Å². The zero-order valence-corrected chi connectivity index (χ0v) is 13.9. The van der Waals surface area contributed by atoms with Crippen LogP contribution in [0.3, 0.4) is 0 Å². The number of anilines is 1. The van der Waals surface area contributed by atoms with Crippen molar-refractivity contribution in [2.24, 2.45) is 5.92 Å². The van der Waals surface area contributed by atoms with Gasteiger partial charge in [0.05, 0.1) is 12.7 Å². The summed E-state index contributed by atoms with van der Waals surface area (Å²) in [6.45, 7) is 5.50. The maximum absolute atomic E-state index is 11.9. The number of nitrogens with one attached hydrogen (secondary N) is 2. The molecule has 126 valence electrons. The minimum absolute atomic E-state index is 0.110. The van der Waals surface area contributed by atoms with Crippen molar-refractivity contribution in [2.45, 2.75) is 26.5 Å². The number of amides is 2. The third-order valence-corrected chi connectivity index (χ3v) is 3.81. The van der Waals surface area contributed by atoms with Crippen molar-refractivity contribution >= 4 is 22.6 Å². The van der Waals surface area contributed by atoms with Gasteiger partial charge in [0.25, 0.3) is 0 Å². The Kier molecular flexibility index (Phi) is 6.01. The van der Waals surface area contributed by atoms with Crippen molar-refractivity contribution in [2.75, 3.05) is 25.6 Å². The molecule has 1 heterocycles. The van der Waals surface area contributed by atoms with E-state index in [-0.39, 0.29) is 18.5 Å². The van der Waals surface area contributed by atoms with Gasteiger partial charge >= 0.3 is 6.03 Å². The number of hydrogen-bond donors (Lipinski definition) is 3. The first-order valence-electron chi connectivity index (χ1n) is 7.82. The van der Waals surface area contributed by atoms with Crippen molar-refractivity contribution in [3.63, 3.8) is 0 Å². The number of aliphatic hydroxyl groups is 1. The number of carbonyl (C=O) groups is 1. The lowest BCUT2D eigenvalue weighted by Gasteiger charge is -2.15. The average molecular weight is 319 g/mol. The lowest BCUT2D eigenvalue weighted by Crippen LogP contribution is -2.37. The Bertz CT molecular complexity index is 652. The fourth-order valence-electron chi connectivity index (χ4n) is 2.27. The van der Waals surface area contributed by atoms with Crippen LogP contribution in [0, 0.1) is 5.92 Å². The molecule has 6 nitrogen and oxygen atoms in total. The van der Waals surface area contributed by atoms with Crippen LogP contribution < -0.4 is 10.6 Å². The summed E-state index contributed by atoms with van der Waals surface area (Å²) in [5, 5.41) is 16.2. The highest BCUT2D eigenvalue weighted by molar-refractivity contribution is 5.92. The molecule has 6 heteroatoms. The molecule has 0 saturated heterocycles. The number of methoxy groups -OCH3 is 1. The maximum Gasteiger partial charge on any atom is 0.319 e. The Morgan fingerprint density at radius 3 is 2.83 bits per heavy atom. The van der Waals surface area contributed by atoms with E-state index >= 15 is 0 Å². The van der Waals surface area contributed by atoms with Crippen molar-refractivity contribution in [3.05, 3.63) is 30.5 Å². The number of rotatable bonds is 7. The van der Waals surface area contributed by atoms with Gasteiger partial charge < -0.3 is 25.0 Å². The molecule has 0 spiro atoms. The summed E-state index contributed by atoms with van der Waals surface area (Å²) in [4.78, 5) is 11.9. The highest BCUT2D eigenvalue weighted by Crippen LogP contribution is 2.20. The monoisotopic (exact) mass is 319 g/mol. The van der Waals surface area contributed by atoms with Gasteiger partial charge in [-0.05, 0) is 30.2 Å². The first-order chi connectivity index (χ1) is 11.0. The third-order valence-electron chi connectivity index (χ3n) is 3.81. The summed E-state index contributed by atoms with van der Waals surface area (Å²) < 4.78 is 7.21. The van der Waals surface area contributed by atoms with E-state index in [9.17, 15) is 9.90 Å². The molecule has 2 amide bonds. The first-order valence-corrected chi connectivity index (χ1v) is 7.82. The largest absolute Gasteiger partial charge is 0.391 e. The topological polar surface area (TPSA) is 75.5 Å². The van der Waals surface area contributed by atoms with Crippen molar-refractivity contribution in [1.82, 2.24) is 9.88 Å². The van der Waals surface area contributed by atoms with E-state index in [0.29, 0.717) is 6.61 Å². The summed E-state index contributed by atoms with van der Waals surface area (Å²) in [5.41, 5.74) is 1.82. The molecule has 1 atom stereocenters. The zero-order valence-electron chi connectivity index (χ0n) is 13.9. The van der Waals surface area contributed by atoms with Gasteiger partial charge in [-0.1, -0.05) is 13.8 Å². The van der Waals surface area contributed by atoms with Gasteiger partial charge in [0.1, 0.15) is 0 Å². The molecular formula is C17H25N3O3. The smallest absolute Gasteiger partial charge is 0.319 e. The molecule has 3 N–H and O–H groups in total. The van der Waals surface area contributed by atoms with E-state index < -0.39 is 6.10 Å². The molecule has 0 aliphatic carbocycles. The Morgan fingerprint density at radius 1 is 1.35 bits per heavy atom. The minimum Gasteiger partial charge on any atom is -0.391 e. The normalized spacial score (nSPS) is 12.6. The molecule has 0 aliphatic rings. The standard InChI is InChI=1S/C17H25N3O3/c1-12(2)16(21)11-18-17(22)19-14-4-5-15-13(10-14)6-7-20(15)8-9-23-3/h4-7,10,12,16,21H,8-9,11H2,1-3H3,(H2,18,19,22)/t16-/m1/s1. The van der Waals surface area contributed by atoms with Gasteiger partial charge in [0.15, 0.2) is 0 Å². The van der Waals surface area contributed by atoms with Gasteiger partial charge in [-0.3, -0.25) is 0 Å². The Morgan fingerprint density at radius 2 is 2.13 bits per heavy atom. The van der Waals surface area contributed by atoms with E-state index in [0.717, 1.165) is 23.1 Å². The summed E-state index contributed by atoms with van der Waals surface area (Å²) in [5.74, 6) is 0.110. The SMILES string of the molecule is COCCn1ccc2cc(NC(=O)NC[C@@H](O)C(C)C)ccc21. The lowest BCUT2D eigenvalue weighted by atomic mass is 10.1. The van der Waals surface area contributed by atoms with E-state index in [4.69, 9.17) is 4.74 Å². The molecule has 0 aliphatic heterocycles. The number of fused-ring (bicyclic) bond motifs is 1. The molecule has 0 unspecified atom stereocenters. The van der Waals surface area contributed by atoms with Crippen LogP contribution in [0.2, 0.25) is 0 Å². The number of carbonyl (C=O) groups excluding carboxylic acids is 1. The number of benzene rings is 1. The molecule has 0 radical (unpaired) electrons. The fourth-order valence-corrected chi connectivity index (χ4v) is 2.27. The van der Waals surface area contributed by atoms with Crippen LogP contribution in [0.1, 0.15) is 13.8 Å². The number of nitrogens with zero attached hydrogens (tertiary/aromatic N) is 1. The van der Waals surface area contributed by atoms with Crippen LogP contribution >= 0.6 is 0 Å². The summed E-state index contributed by atoms with van der Waals surface area (Å²) in [7, 11) is 1.68. The quantitative estimate of drug-likeness (QED) is 0.733. The van der Waals surface area contributed by atoms with Crippen LogP contribution in [0.4, 0.5) is 10.5 Å². The highest BCUT2D eigenvalue weighted by atomic mass is 16.5. The second kappa shape index (κ2) is 7.99. The van der Waals surface area contributed by atoms with Crippen LogP contribution in [-0.2, 0) is 11.3 Å². The molecule has 0 saturated carbocycles. The van der Waals surface area contributed by atoms with E-state index in [1.807, 2.05) is 44.3 Å². The van der Waals surface area contributed by atoms with Gasteiger partial charge in [-0.15, -0.1) is 0 Å². The lowest BCUT2D eigenvalue weighted by molar-refractivity contribution is 0.126. The average Bonchev–Trinajstić information content (AvgIpc) is 2.92. The number of aromatic nitrogens is 1. The zero-order chi connectivity index (χ0) is 16.8. The molecule has 1 aromatic heterocycles. The predicted octanol–water partition coefficient (Wildman–Crippen LogP) is 2.43. The van der Waals surface area contributed by atoms with E-state index in [2.05, 4.69) is 15.2 Å². The molecule has 2 rings (SSSR count).